The summed E-state index contributed by atoms with van der Waals surface area (Å²) in [7, 11) is 0. The van der Waals surface area contributed by atoms with Gasteiger partial charge in [0.2, 0.25) is 5.91 Å². The molecule has 1 N–H and O–H groups in total. The van der Waals surface area contributed by atoms with E-state index in [1.165, 1.54) is 29.2 Å². The van der Waals surface area contributed by atoms with Crippen molar-refractivity contribution in [2.24, 2.45) is 0 Å². The van der Waals surface area contributed by atoms with Crippen LogP contribution in [0.2, 0.25) is 0 Å². The summed E-state index contributed by atoms with van der Waals surface area (Å²) in [5, 5.41) is 3.01. The van der Waals surface area contributed by atoms with Crippen LogP contribution in [0.5, 0.6) is 0 Å². The molecule has 4 nitrogen and oxygen atoms in total. The number of nitrogens with zero attached hydrogens (tertiary/aromatic N) is 1. The van der Waals surface area contributed by atoms with Crippen molar-refractivity contribution in [3.63, 3.8) is 0 Å². The first kappa shape index (κ1) is 16.4. The van der Waals surface area contributed by atoms with Gasteiger partial charge in [-0.15, -0.1) is 0 Å². The van der Waals surface area contributed by atoms with E-state index in [9.17, 15) is 14.0 Å². The van der Waals surface area contributed by atoms with Gasteiger partial charge in [-0.1, -0.05) is 31.4 Å². The third kappa shape index (κ3) is 4.10. The molecule has 1 aliphatic carbocycles. The summed E-state index contributed by atoms with van der Waals surface area (Å²) >= 11 is 0. The Bertz CT molecular complexity index is 762. The average molecular weight is 328 g/mol. The molecule has 0 atom stereocenters. The molecule has 0 unspecified atom stereocenters. The molecule has 0 bridgehead atoms. The number of benzene rings is 1. The molecule has 24 heavy (non-hydrogen) atoms. The second-order valence-corrected chi connectivity index (χ2v) is 6.29. The number of aromatic nitrogens is 1. The number of hydrogen-bond acceptors (Lipinski definition) is 2. The number of pyridine rings is 1. The topological polar surface area (TPSA) is 51.1 Å². The fraction of sp³-hybridized carbons (Fsp3) is 0.368. The maximum Gasteiger partial charge on any atom is 0.251 e. The second kappa shape index (κ2) is 7.43. The molecule has 126 valence electrons. The van der Waals surface area contributed by atoms with Crippen molar-refractivity contribution in [2.45, 2.75) is 44.7 Å². The van der Waals surface area contributed by atoms with E-state index in [0.717, 1.165) is 36.8 Å². The largest absolute Gasteiger partial charge is 0.352 e. The highest BCUT2D eigenvalue weighted by molar-refractivity contribution is 5.76. The van der Waals surface area contributed by atoms with E-state index in [0.29, 0.717) is 0 Å². The van der Waals surface area contributed by atoms with Crippen molar-refractivity contribution in [1.29, 1.82) is 0 Å². The molecule has 2 aromatic rings. The van der Waals surface area contributed by atoms with Crippen LogP contribution in [0.25, 0.3) is 11.1 Å². The lowest BCUT2D eigenvalue weighted by molar-refractivity contribution is -0.122. The number of amides is 1. The summed E-state index contributed by atoms with van der Waals surface area (Å²) in [5.74, 6) is -0.445. The number of carbonyl (C=O) groups is 1. The van der Waals surface area contributed by atoms with Crippen molar-refractivity contribution in [1.82, 2.24) is 9.88 Å². The quantitative estimate of drug-likeness (QED) is 0.937. The minimum atomic E-state index is -0.307. The zero-order valence-electron chi connectivity index (χ0n) is 13.5. The first-order valence-electron chi connectivity index (χ1n) is 8.37. The van der Waals surface area contributed by atoms with Crippen LogP contribution in [-0.4, -0.2) is 16.5 Å². The summed E-state index contributed by atoms with van der Waals surface area (Å²) in [4.78, 5) is 24.2. The molecule has 1 aromatic carbocycles. The Kier molecular flexibility index (Phi) is 5.08. The van der Waals surface area contributed by atoms with Gasteiger partial charge >= 0.3 is 0 Å². The zero-order chi connectivity index (χ0) is 16.9. The molecule has 1 heterocycles. The molecule has 1 aliphatic rings. The average Bonchev–Trinajstić information content (AvgIpc) is 2.58. The van der Waals surface area contributed by atoms with Crippen molar-refractivity contribution >= 4 is 5.91 Å². The predicted octanol–water partition coefficient (Wildman–Crippen LogP) is 3.10. The molecule has 1 fully saturated rings. The van der Waals surface area contributed by atoms with Crippen LogP contribution in [0.1, 0.15) is 32.1 Å². The highest BCUT2D eigenvalue weighted by atomic mass is 19.1. The van der Waals surface area contributed by atoms with Gasteiger partial charge in [0.25, 0.3) is 5.56 Å². The molecule has 0 spiro atoms. The molecule has 1 aromatic heterocycles. The lowest BCUT2D eigenvalue weighted by atomic mass is 9.95. The van der Waals surface area contributed by atoms with Crippen LogP contribution in [0.3, 0.4) is 0 Å². The lowest BCUT2D eigenvalue weighted by Gasteiger charge is -2.23. The monoisotopic (exact) mass is 328 g/mol. The first-order valence-corrected chi connectivity index (χ1v) is 8.37. The zero-order valence-corrected chi connectivity index (χ0v) is 13.5. The number of carbonyl (C=O) groups excluding carboxylic acids is 1. The Morgan fingerprint density at radius 3 is 2.42 bits per heavy atom. The molecule has 1 saturated carbocycles. The van der Waals surface area contributed by atoms with Crippen LogP contribution in [0.15, 0.2) is 47.4 Å². The third-order valence-electron chi connectivity index (χ3n) is 4.45. The molecule has 1 amide bonds. The van der Waals surface area contributed by atoms with Crippen LogP contribution < -0.4 is 10.9 Å². The van der Waals surface area contributed by atoms with E-state index in [4.69, 9.17) is 0 Å². The van der Waals surface area contributed by atoms with E-state index in [1.54, 1.807) is 24.4 Å². The van der Waals surface area contributed by atoms with Crippen LogP contribution in [0, 0.1) is 5.82 Å². The van der Waals surface area contributed by atoms with Crippen molar-refractivity contribution in [2.75, 3.05) is 0 Å². The fourth-order valence-corrected chi connectivity index (χ4v) is 3.14. The second-order valence-electron chi connectivity index (χ2n) is 6.29. The minimum absolute atomic E-state index is 0.00433. The van der Waals surface area contributed by atoms with Gasteiger partial charge in [0.1, 0.15) is 12.4 Å². The van der Waals surface area contributed by atoms with E-state index in [2.05, 4.69) is 5.32 Å². The molecule has 3 rings (SSSR count). The smallest absolute Gasteiger partial charge is 0.251 e. The normalized spacial score (nSPS) is 15.2. The van der Waals surface area contributed by atoms with Gasteiger partial charge in [0.15, 0.2) is 0 Å². The Morgan fingerprint density at radius 2 is 1.71 bits per heavy atom. The predicted molar refractivity (Wildman–Crippen MR) is 91.1 cm³/mol. The minimum Gasteiger partial charge on any atom is -0.352 e. The Balaban J connectivity index is 1.72. The maximum absolute atomic E-state index is 13.0. The number of hydrogen-bond donors (Lipinski definition) is 1. The first-order chi connectivity index (χ1) is 11.6. The maximum atomic E-state index is 13.0. The van der Waals surface area contributed by atoms with Gasteiger partial charge in [-0.05, 0) is 42.2 Å². The summed E-state index contributed by atoms with van der Waals surface area (Å²) < 4.78 is 14.4. The van der Waals surface area contributed by atoms with E-state index < -0.39 is 0 Å². The van der Waals surface area contributed by atoms with E-state index >= 15 is 0 Å². The fourth-order valence-electron chi connectivity index (χ4n) is 3.14. The van der Waals surface area contributed by atoms with Gasteiger partial charge in [0, 0.05) is 18.3 Å². The summed E-state index contributed by atoms with van der Waals surface area (Å²) in [6, 6.07) is 9.41. The third-order valence-corrected chi connectivity index (χ3v) is 4.45. The molecule has 0 aliphatic heterocycles. The van der Waals surface area contributed by atoms with Gasteiger partial charge in [0.05, 0.1) is 0 Å². The van der Waals surface area contributed by atoms with Crippen molar-refractivity contribution in [3.8, 4) is 11.1 Å². The van der Waals surface area contributed by atoms with Crippen LogP contribution >= 0.6 is 0 Å². The SMILES string of the molecule is O=C(Cn1cc(-c2ccc(F)cc2)ccc1=O)NC1CCCCC1. The highest BCUT2D eigenvalue weighted by Gasteiger charge is 2.16. The molecule has 0 radical (unpaired) electrons. The van der Waals surface area contributed by atoms with Gasteiger partial charge in [-0.3, -0.25) is 9.59 Å². The van der Waals surface area contributed by atoms with Crippen molar-refractivity contribution < 1.29 is 9.18 Å². The summed E-state index contributed by atoms with van der Waals surface area (Å²) in [5.41, 5.74) is 1.36. The summed E-state index contributed by atoms with van der Waals surface area (Å²) in [6.07, 6.45) is 7.18. The van der Waals surface area contributed by atoms with E-state index in [1.807, 2.05) is 0 Å². The van der Waals surface area contributed by atoms with Gasteiger partial charge in [-0.2, -0.15) is 0 Å². The van der Waals surface area contributed by atoms with E-state index in [-0.39, 0.29) is 29.9 Å². The Hall–Kier alpha value is -2.43. The standard InChI is InChI=1S/C19H21FN2O2/c20-16-9-6-14(7-10-16)15-8-11-19(24)22(12-15)13-18(23)21-17-4-2-1-3-5-17/h6-12,17H,1-5,13H2,(H,21,23). The molecular weight excluding hydrogens is 307 g/mol. The Labute approximate surface area is 140 Å². The van der Waals surface area contributed by atoms with Crippen LogP contribution in [-0.2, 0) is 11.3 Å². The van der Waals surface area contributed by atoms with Crippen molar-refractivity contribution in [3.05, 3.63) is 58.8 Å². The molecular formula is C19H21FN2O2. The van der Waals surface area contributed by atoms with Crippen LogP contribution in [0.4, 0.5) is 4.39 Å². The molecule has 0 saturated heterocycles. The van der Waals surface area contributed by atoms with Gasteiger partial charge in [-0.25, -0.2) is 4.39 Å². The number of rotatable bonds is 4. The summed E-state index contributed by atoms with van der Waals surface area (Å²) in [6.45, 7) is 0.00433. The number of nitrogens with one attached hydrogen (secondary N) is 1. The molecule has 5 heteroatoms. The number of halogens is 1. The van der Waals surface area contributed by atoms with Gasteiger partial charge < -0.3 is 9.88 Å². The lowest BCUT2D eigenvalue weighted by Crippen LogP contribution is -2.39. The highest BCUT2D eigenvalue weighted by Crippen LogP contribution is 2.19. The Morgan fingerprint density at radius 1 is 1.04 bits per heavy atom.